The molecule has 58 heavy (non-hydrogen) atoms. The third-order valence-corrected chi connectivity index (χ3v) is 11.1. The van der Waals surface area contributed by atoms with E-state index in [4.69, 9.17) is 4.74 Å². The van der Waals surface area contributed by atoms with Crippen LogP contribution >= 0.6 is 0 Å². The van der Waals surface area contributed by atoms with Gasteiger partial charge in [-0.15, -0.1) is 0 Å². The van der Waals surface area contributed by atoms with Crippen LogP contribution in [-0.2, 0) is 14.3 Å². The van der Waals surface area contributed by atoms with Crippen molar-refractivity contribution in [1.82, 2.24) is 5.32 Å². The zero-order valence-electron chi connectivity index (χ0n) is 38.4. The molecular formula is C52H95NO5. The number of aliphatic hydroxyl groups excluding tert-OH is 2. The largest absolute Gasteiger partial charge is 0.462 e. The SMILES string of the molecule is CC/C=C/C/C=C/C/C=C/CCCCCCC(CC(=O)NC(CO)C(O)CCCCCCCCCCCCCCCCC)OC(=O)CCCCCCC/C=C\CCC. The summed E-state index contributed by atoms with van der Waals surface area (Å²) < 4.78 is 5.90. The molecule has 0 aliphatic heterocycles. The molecular weight excluding hydrogens is 719 g/mol. The van der Waals surface area contributed by atoms with Crippen molar-refractivity contribution in [2.45, 2.75) is 264 Å². The van der Waals surface area contributed by atoms with Crippen LogP contribution in [0.4, 0.5) is 0 Å². The molecule has 338 valence electrons. The van der Waals surface area contributed by atoms with E-state index in [0.717, 1.165) is 103 Å². The van der Waals surface area contributed by atoms with Gasteiger partial charge < -0.3 is 20.3 Å². The highest BCUT2D eigenvalue weighted by molar-refractivity contribution is 5.77. The molecule has 1 amide bonds. The lowest BCUT2D eigenvalue weighted by molar-refractivity contribution is -0.151. The molecule has 6 nitrogen and oxygen atoms in total. The molecule has 0 fully saturated rings. The van der Waals surface area contributed by atoms with Crippen LogP contribution in [0.15, 0.2) is 48.6 Å². The van der Waals surface area contributed by atoms with Crippen molar-refractivity contribution in [3.63, 3.8) is 0 Å². The number of amides is 1. The van der Waals surface area contributed by atoms with Crippen molar-refractivity contribution in [3.05, 3.63) is 48.6 Å². The van der Waals surface area contributed by atoms with Gasteiger partial charge in [-0.05, 0) is 77.0 Å². The minimum Gasteiger partial charge on any atom is -0.462 e. The predicted molar refractivity (Wildman–Crippen MR) is 250 cm³/mol. The monoisotopic (exact) mass is 814 g/mol. The number of hydrogen-bond acceptors (Lipinski definition) is 5. The van der Waals surface area contributed by atoms with Crippen molar-refractivity contribution in [2.24, 2.45) is 0 Å². The summed E-state index contributed by atoms with van der Waals surface area (Å²) in [5.74, 6) is -0.506. The molecule has 3 unspecified atom stereocenters. The quantitative estimate of drug-likeness (QED) is 0.0323. The zero-order valence-corrected chi connectivity index (χ0v) is 38.4. The number of carbonyl (C=O) groups excluding carboxylic acids is 2. The first kappa shape index (κ1) is 55.8. The Morgan fingerprint density at radius 1 is 0.517 bits per heavy atom. The van der Waals surface area contributed by atoms with Crippen molar-refractivity contribution in [1.29, 1.82) is 0 Å². The highest BCUT2D eigenvalue weighted by atomic mass is 16.5. The van der Waals surface area contributed by atoms with E-state index in [1.54, 1.807) is 0 Å². The second-order valence-electron chi connectivity index (χ2n) is 16.8. The standard InChI is InChI=1S/C52H95NO5/c1-4-7-10-13-16-19-22-24-26-28-30-32-35-38-41-44-50(55)49(47-54)53-51(56)46-48(58-52(57)45-42-39-36-33-21-18-15-12-9-6-3)43-40-37-34-31-29-27-25-23-20-17-14-11-8-5-2/h8,11-12,15,17,20,25,27,48-50,54-55H,4-7,9-10,13-14,16,18-19,21-24,26,28-47H2,1-3H3,(H,53,56)/b11-8+,15-12-,20-17+,27-25+. The molecule has 0 bridgehead atoms. The minimum absolute atomic E-state index is 0.0595. The fraction of sp³-hybridized carbons (Fsp3) is 0.808. The van der Waals surface area contributed by atoms with Crippen molar-refractivity contribution >= 4 is 11.9 Å². The highest BCUT2D eigenvalue weighted by Crippen LogP contribution is 2.17. The van der Waals surface area contributed by atoms with E-state index < -0.39 is 18.2 Å². The fourth-order valence-corrected chi connectivity index (χ4v) is 7.39. The topological polar surface area (TPSA) is 95.9 Å². The summed E-state index contributed by atoms with van der Waals surface area (Å²) in [6.45, 7) is 6.31. The Morgan fingerprint density at radius 3 is 1.50 bits per heavy atom. The van der Waals surface area contributed by atoms with E-state index >= 15 is 0 Å². The molecule has 0 aromatic carbocycles. The molecule has 6 heteroatoms. The first-order chi connectivity index (χ1) is 28.5. The maximum Gasteiger partial charge on any atom is 0.306 e. The highest BCUT2D eigenvalue weighted by Gasteiger charge is 2.24. The summed E-state index contributed by atoms with van der Waals surface area (Å²) in [5, 5.41) is 23.7. The molecule has 3 N–H and O–H groups in total. The third-order valence-electron chi connectivity index (χ3n) is 11.1. The van der Waals surface area contributed by atoms with Gasteiger partial charge >= 0.3 is 5.97 Å². The zero-order chi connectivity index (χ0) is 42.4. The second kappa shape index (κ2) is 45.9. The summed E-state index contributed by atoms with van der Waals surface area (Å²) in [5.41, 5.74) is 0. The Bertz CT molecular complexity index is 1000. The van der Waals surface area contributed by atoms with E-state index in [-0.39, 0.29) is 24.9 Å². The Hall–Kier alpha value is -2.18. The number of carbonyl (C=O) groups is 2. The number of ether oxygens (including phenoxy) is 1. The predicted octanol–water partition coefficient (Wildman–Crippen LogP) is 14.7. The molecule has 0 radical (unpaired) electrons. The Kier molecular flexibility index (Phi) is 44.2. The number of unbranched alkanes of at least 4 members (excludes halogenated alkanes) is 24. The van der Waals surface area contributed by atoms with E-state index in [2.05, 4.69) is 74.7 Å². The molecule has 0 rings (SSSR count). The average molecular weight is 814 g/mol. The maximum absolute atomic E-state index is 13.2. The lowest BCUT2D eigenvalue weighted by Crippen LogP contribution is -2.46. The minimum atomic E-state index is -0.794. The fourth-order valence-electron chi connectivity index (χ4n) is 7.39. The van der Waals surface area contributed by atoms with Gasteiger partial charge in [-0.3, -0.25) is 9.59 Å². The van der Waals surface area contributed by atoms with E-state index in [1.807, 2.05) is 0 Å². The van der Waals surface area contributed by atoms with E-state index in [0.29, 0.717) is 19.3 Å². The van der Waals surface area contributed by atoms with E-state index in [1.165, 1.54) is 96.3 Å². The Labute approximate surface area is 359 Å². The molecule has 0 aromatic heterocycles. The normalized spacial score (nSPS) is 13.7. The molecule has 0 spiro atoms. The van der Waals surface area contributed by atoms with Crippen LogP contribution in [0, 0.1) is 0 Å². The number of allylic oxidation sites excluding steroid dienone is 8. The van der Waals surface area contributed by atoms with Gasteiger partial charge in [0.05, 0.1) is 25.2 Å². The summed E-state index contributed by atoms with van der Waals surface area (Å²) in [6.07, 6.45) is 54.6. The first-order valence-electron chi connectivity index (χ1n) is 24.9. The Morgan fingerprint density at radius 2 is 0.966 bits per heavy atom. The summed E-state index contributed by atoms with van der Waals surface area (Å²) in [6, 6.07) is -0.709. The number of aliphatic hydroxyl groups is 2. The van der Waals surface area contributed by atoms with Crippen LogP contribution in [0.25, 0.3) is 0 Å². The third kappa shape index (κ3) is 40.6. The van der Waals surface area contributed by atoms with Crippen LogP contribution in [0.5, 0.6) is 0 Å². The number of hydrogen-bond donors (Lipinski definition) is 3. The lowest BCUT2D eigenvalue weighted by Gasteiger charge is -2.24. The second-order valence-corrected chi connectivity index (χ2v) is 16.8. The van der Waals surface area contributed by atoms with Crippen molar-refractivity contribution in [3.8, 4) is 0 Å². The lowest BCUT2D eigenvalue weighted by atomic mass is 10.0. The van der Waals surface area contributed by atoms with Crippen LogP contribution in [0.2, 0.25) is 0 Å². The van der Waals surface area contributed by atoms with Gasteiger partial charge in [-0.2, -0.15) is 0 Å². The Balaban J connectivity index is 4.57. The van der Waals surface area contributed by atoms with Gasteiger partial charge in [0.25, 0.3) is 0 Å². The van der Waals surface area contributed by atoms with Gasteiger partial charge in [-0.1, -0.05) is 204 Å². The van der Waals surface area contributed by atoms with Crippen molar-refractivity contribution in [2.75, 3.05) is 6.61 Å². The number of nitrogens with one attached hydrogen (secondary N) is 1. The first-order valence-corrected chi connectivity index (χ1v) is 24.9. The maximum atomic E-state index is 13.2. The number of esters is 1. The van der Waals surface area contributed by atoms with Gasteiger partial charge in [0.2, 0.25) is 5.91 Å². The van der Waals surface area contributed by atoms with E-state index in [9.17, 15) is 19.8 Å². The molecule has 0 aliphatic carbocycles. The van der Waals surface area contributed by atoms with Gasteiger partial charge in [0.1, 0.15) is 6.10 Å². The summed E-state index contributed by atoms with van der Waals surface area (Å²) in [4.78, 5) is 26.0. The van der Waals surface area contributed by atoms with Crippen molar-refractivity contribution < 1.29 is 24.5 Å². The summed E-state index contributed by atoms with van der Waals surface area (Å²) >= 11 is 0. The van der Waals surface area contributed by atoms with Crippen LogP contribution < -0.4 is 5.32 Å². The molecule has 0 aromatic rings. The van der Waals surface area contributed by atoms with Crippen LogP contribution in [-0.4, -0.2) is 46.9 Å². The average Bonchev–Trinajstić information content (AvgIpc) is 3.22. The molecule has 0 heterocycles. The number of rotatable bonds is 44. The molecule has 0 aliphatic rings. The smallest absolute Gasteiger partial charge is 0.306 e. The molecule has 3 atom stereocenters. The van der Waals surface area contributed by atoms with Gasteiger partial charge in [0, 0.05) is 6.42 Å². The van der Waals surface area contributed by atoms with Crippen LogP contribution in [0.3, 0.4) is 0 Å². The van der Waals surface area contributed by atoms with Gasteiger partial charge in [0.15, 0.2) is 0 Å². The summed E-state index contributed by atoms with van der Waals surface area (Å²) in [7, 11) is 0. The molecule has 0 saturated heterocycles. The van der Waals surface area contributed by atoms with Gasteiger partial charge in [-0.25, -0.2) is 0 Å². The van der Waals surface area contributed by atoms with Crippen LogP contribution in [0.1, 0.15) is 245 Å². The molecule has 0 saturated carbocycles.